The molecule has 3 aromatic rings. The van der Waals surface area contributed by atoms with Gasteiger partial charge in [0.15, 0.2) is 0 Å². The normalized spacial score (nSPS) is 16.1. The number of amides is 4. The molecule has 1 atom stereocenters. The lowest BCUT2D eigenvalue weighted by Crippen LogP contribution is -2.50. The second-order valence-corrected chi connectivity index (χ2v) is 10.2. The highest BCUT2D eigenvalue weighted by molar-refractivity contribution is 6.32. The molecule has 0 aromatic heterocycles. The van der Waals surface area contributed by atoms with Crippen molar-refractivity contribution < 1.29 is 23.6 Å². The van der Waals surface area contributed by atoms with Gasteiger partial charge in [-0.2, -0.15) is 0 Å². The Kier molecular flexibility index (Phi) is 7.74. The molecule has 1 saturated carbocycles. The van der Waals surface area contributed by atoms with Crippen LogP contribution in [0, 0.1) is 5.82 Å². The zero-order chi connectivity index (χ0) is 27.5. The average molecular weight is 548 g/mol. The first-order chi connectivity index (χ1) is 18.8. The van der Waals surface area contributed by atoms with Crippen molar-refractivity contribution >= 4 is 40.9 Å². The number of nitrogens with zero attached hydrogens (tertiary/aromatic N) is 2. The Labute approximate surface area is 230 Å². The third-order valence-electron chi connectivity index (χ3n) is 7.18. The molecule has 1 heterocycles. The maximum atomic E-state index is 14.4. The van der Waals surface area contributed by atoms with E-state index in [-0.39, 0.29) is 27.9 Å². The van der Waals surface area contributed by atoms with Crippen molar-refractivity contribution in [3.63, 3.8) is 0 Å². The summed E-state index contributed by atoms with van der Waals surface area (Å²) in [5.74, 6) is -3.04. The SMILES string of the molecule is O=C(NC1CCCCC1)C(c1ccccc1Cl)N(C(=O)CN1C(=O)c2ccccc2C1=O)c1cccc(F)c1. The van der Waals surface area contributed by atoms with Crippen molar-refractivity contribution in [3.05, 3.63) is 100 Å². The van der Waals surface area contributed by atoms with Crippen LogP contribution in [0.15, 0.2) is 72.8 Å². The summed E-state index contributed by atoms with van der Waals surface area (Å²) >= 11 is 6.54. The molecule has 2 aliphatic rings. The molecule has 0 saturated heterocycles. The van der Waals surface area contributed by atoms with Gasteiger partial charge in [-0.3, -0.25) is 29.0 Å². The first-order valence-corrected chi connectivity index (χ1v) is 13.3. The maximum Gasteiger partial charge on any atom is 0.262 e. The Morgan fingerprint density at radius 3 is 2.21 bits per heavy atom. The molecule has 1 aliphatic heterocycles. The summed E-state index contributed by atoms with van der Waals surface area (Å²) in [5, 5.41) is 3.30. The predicted molar refractivity (Wildman–Crippen MR) is 145 cm³/mol. The largest absolute Gasteiger partial charge is 0.351 e. The molecule has 5 rings (SSSR count). The lowest BCUT2D eigenvalue weighted by molar-refractivity contribution is -0.127. The third kappa shape index (κ3) is 5.43. The van der Waals surface area contributed by atoms with Crippen molar-refractivity contribution in [2.75, 3.05) is 11.4 Å². The number of benzene rings is 3. The fourth-order valence-electron chi connectivity index (χ4n) is 5.28. The Morgan fingerprint density at radius 1 is 0.923 bits per heavy atom. The van der Waals surface area contributed by atoms with Gasteiger partial charge in [0.1, 0.15) is 18.4 Å². The maximum absolute atomic E-state index is 14.4. The number of imide groups is 1. The van der Waals surface area contributed by atoms with Gasteiger partial charge >= 0.3 is 0 Å². The van der Waals surface area contributed by atoms with E-state index in [2.05, 4.69) is 5.32 Å². The van der Waals surface area contributed by atoms with E-state index < -0.39 is 42.0 Å². The van der Waals surface area contributed by atoms with Gasteiger partial charge in [0.05, 0.1) is 11.1 Å². The summed E-state index contributed by atoms with van der Waals surface area (Å²) in [6.07, 6.45) is 4.67. The fourth-order valence-corrected chi connectivity index (χ4v) is 5.52. The fraction of sp³-hybridized carbons (Fsp3) is 0.267. The van der Waals surface area contributed by atoms with Crippen molar-refractivity contribution in [2.24, 2.45) is 0 Å². The van der Waals surface area contributed by atoms with Crippen LogP contribution in [0.25, 0.3) is 0 Å². The number of nitrogens with one attached hydrogen (secondary N) is 1. The Bertz CT molecular complexity index is 1400. The molecule has 0 spiro atoms. The number of fused-ring (bicyclic) bond motifs is 1. The van der Waals surface area contributed by atoms with Crippen LogP contribution in [-0.2, 0) is 9.59 Å². The average Bonchev–Trinajstić information content (AvgIpc) is 3.17. The molecule has 7 nitrogen and oxygen atoms in total. The zero-order valence-corrected chi connectivity index (χ0v) is 21.9. The van der Waals surface area contributed by atoms with Crippen LogP contribution in [0.4, 0.5) is 10.1 Å². The van der Waals surface area contributed by atoms with Gasteiger partial charge in [-0.15, -0.1) is 0 Å². The second kappa shape index (κ2) is 11.4. The van der Waals surface area contributed by atoms with Crippen LogP contribution in [-0.4, -0.2) is 41.1 Å². The summed E-state index contributed by atoms with van der Waals surface area (Å²) in [5.41, 5.74) is 0.836. The molecular formula is C30H27ClFN3O4. The van der Waals surface area contributed by atoms with E-state index in [4.69, 9.17) is 11.6 Å². The number of hydrogen-bond donors (Lipinski definition) is 1. The highest BCUT2D eigenvalue weighted by Crippen LogP contribution is 2.34. The third-order valence-corrected chi connectivity index (χ3v) is 7.53. The minimum atomic E-state index is -1.27. The molecule has 1 aliphatic carbocycles. The van der Waals surface area contributed by atoms with Crippen molar-refractivity contribution in [1.82, 2.24) is 10.2 Å². The number of rotatable bonds is 7. The van der Waals surface area contributed by atoms with Crippen molar-refractivity contribution in [3.8, 4) is 0 Å². The minimum absolute atomic E-state index is 0.0723. The van der Waals surface area contributed by atoms with Crippen molar-refractivity contribution in [2.45, 2.75) is 44.2 Å². The quantitative estimate of drug-likeness (QED) is 0.407. The molecule has 39 heavy (non-hydrogen) atoms. The van der Waals surface area contributed by atoms with E-state index in [1.807, 2.05) is 0 Å². The molecule has 4 amide bonds. The van der Waals surface area contributed by atoms with Crippen LogP contribution in [0.2, 0.25) is 5.02 Å². The van der Waals surface area contributed by atoms with Gasteiger partial charge in [-0.25, -0.2) is 4.39 Å². The van der Waals surface area contributed by atoms with E-state index in [1.165, 1.54) is 30.3 Å². The van der Waals surface area contributed by atoms with Gasteiger partial charge in [0.25, 0.3) is 11.8 Å². The molecule has 0 bridgehead atoms. The van der Waals surface area contributed by atoms with Gasteiger partial charge < -0.3 is 5.32 Å². The highest BCUT2D eigenvalue weighted by Gasteiger charge is 2.40. The standard InChI is InChI=1S/C30H27ClFN3O4/c31-25-16-7-6-15-24(25)27(28(37)33-20-10-2-1-3-11-20)35(21-12-8-9-19(32)17-21)26(36)18-34-29(38)22-13-4-5-14-23(22)30(34)39/h4-9,12-17,20,27H,1-3,10-11,18H2,(H,33,37). The van der Waals surface area contributed by atoms with E-state index in [1.54, 1.807) is 36.4 Å². The summed E-state index contributed by atoms with van der Waals surface area (Å²) < 4.78 is 14.4. The smallest absolute Gasteiger partial charge is 0.262 e. The molecular weight excluding hydrogens is 521 g/mol. The molecule has 200 valence electrons. The number of anilines is 1. The topological polar surface area (TPSA) is 86.8 Å². The first-order valence-electron chi connectivity index (χ1n) is 12.9. The monoisotopic (exact) mass is 547 g/mol. The van der Waals surface area contributed by atoms with Crippen LogP contribution in [0.5, 0.6) is 0 Å². The predicted octanol–water partition coefficient (Wildman–Crippen LogP) is 5.30. The molecule has 9 heteroatoms. The summed E-state index contributed by atoms with van der Waals surface area (Å²) in [4.78, 5) is 55.9. The summed E-state index contributed by atoms with van der Waals surface area (Å²) in [6.45, 7) is -0.638. The van der Waals surface area contributed by atoms with E-state index in [0.29, 0.717) is 5.56 Å². The molecule has 1 N–H and O–H groups in total. The van der Waals surface area contributed by atoms with E-state index >= 15 is 0 Å². The van der Waals surface area contributed by atoms with Gasteiger partial charge in [0, 0.05) is 22.3 Å². The highest BCUT2D eigenvalue weighted by atomic mass is 35.5. The van der Waals surface area contributed by atoms with Gasteiger partial charge in [-0.1, -0.05) is 67.3 Å². The van der Waals surface area contributed by atoms with Gasteiger partial charge in [-0.05, 0) is 49.2 Å². The first kappa shape index (κ1) is 26.6. The Balaban J connectivity index is 1.55. The summed E-state index contributed by atoms with van der Waals surface area (Å²) in [6, 6.07) is 16.9. The molecule has 3 aromatic carbocycles. The zero-order valence-electron chi connectivity index (χ0n) is 21.1. The van der Waals surface area contributed by atoms with E-state index in [0.717, 1.165) is 48.0 Å². The lowest BCUT2D eigenvalue weighted by Gasteiger charge is -2.34. The van der Waals surface area contributed by atoms with Gasteiger partial charge in [0.2, 0.25) is 11.8 Å². The number of carbonyl (C=O) groups excluding carboxylic acids is 4. The molecule has 1 unspecified atom stereocenters. The Morgan fingerprint density at radius 2 is 1.56 bits per heavy atom. The van der Waals surface area contributed by atoms with Crippen LogP contribution in [0.1, 0.15) is 64.4 Å². The number of halogens is 2. The van der Waals surface area contributed by atoms with E-state index in [9.17, 15) is 23.6 Å². The Hall–Kier alpha value is -4.04. The van der Waals surface area contributed by atoms with Crippen LogP contribution in [0.3, 0.4) is 0 Å². The number of hydrogen-bond acceptors (Lipinski definition) is 4. The molecule has 0 radical (unpaired) electrons. The van der Waals surface area contributed by atoms with Crippen molar-refractivity contribution in [1.29, 1.82) is 0 Å². The van der Waals surface area contributed by atoms with Crippen LogP contribution < -0.4 is 10.2 Å². The lowest BCUT2D eigenvalue weighted by atomic mass is 9.94. The minimum Gasteiger partial charge on any atom is -0.351 e. The molecule has 1 fully saturated rings. The summed E-state index contributed by atoms with van der Waals surface area (Å²) in [7, 11) is 0. The van der Waals surface area contributed by atoms with Crippen LogP contribution >= 0.6 is 11.6 Å². The number of carbonyl (C=O) groups is 4. The second-order valence-electron chi connectivity index (χ2n) is 9.75.